The molecule has 242 valence electrons. The lowest BCUT2D eigenvalue weighted by Crippen LogP contribution is -2.08. The van der Waals surface area contributed by atoms with Gasteiger partial charge in [0.1, 0.15) is 35.0 Å². The lowest BCUT2D eigenvalue weighted by molar-refractivity contribution is 0.00663. The van der Waals surface area contributed by atoms with Gasteiger partial charge in [-0.2, -0.15) is 0 Å². The zero-order valence-corrected chi connectivity index (χ0v) is 27.2. The monoisotopic (exact) mass is 672 g/mol. The number of fused-ring (bicyclic) bond motifs is 4. The zero-order valence-electron chi connectivity index (χ0n) is 26.4. The third-order valence-corrected chi connectivity index (χ3v) is 10.3. The number of benzene rings is 2. The van der Waals surface area contributed by atoms with Crippen molar-refractivity contribution in [2.24, 2.45) is 0 Å². The predicted molar refractivity (Wildman–Crippen MR) is 196 cm³/mol. The smallest absolute Gasteiger partial charge is 0.142 e. The van der Waals surface area contributed by atoms with E-state index in [0.717, 1.165) is 72.3 Å². The Morgan fingerprint density at radius 3 is 1.84 bits per heavy atom. The molecule has 0 bridgehead atoms. The quantitative estimate of drug-likeness (QED) is 0.135. The number of nitrogens with one attached hydrogen (secondary N) is 2. The summed E-state index contributed by atoms with van der Waals surface area (Å²) in [5.41, 5.74) is 10.5. The van der Waals surface area contributed by atoms with E-state index in [1.54, 1.807) is 6.07 Å². The minimum atomic E-state index is -1.24. The largest absolute Gasteiger partial charge is 0.458 e. The van der Waals surface area contributed by atoms with E-state index >= 15 is 0 Å². The average Bonchev–Trinajstić information content (AvgIpc) is 4.00. The first-order valence-electron chi connectivity index (χ1n) is 16.2. The van der Waals surface area contributed by atoms with E-state index in [1.807, 2.05) is 93.8 Å². The van der Waals surface area contributed by atoms with Crippen molar-refractivity contribution in [2.45, 2.75) is 12.2 Å². The second-order valence-corrected chi connectivity index (χ2v) is 13.5. The van der Waals surface area contributed by atoms with Crippen LogP contribution in [0.25, 0.3) is 78.1 Å². The van der Waals surface area contributed by atoms with Crippen molar-refractivity contribution >= 4 is 44.4 Å². The van der Waals surface area contributed by atoms with Gasteiger partial charge in [0.25, 0.3) is 0 Å². The van der Waals surface area contributed by atoms with Gasteiger partial charge in [0.05, 0.1) is 11.4 Å². The SMILES string of the molecule is OC(c1ccc(-c2ccc3nc(-c4ccc5[nH]ccc5c4)cn3c2)o1)C(O)c1cc(-c2ccc3nc(-c4ccc5[nH]ccc5c4)cn3c2)cs1. The number of rotatable bonds is 7. The fourth-order valence-electron chi connectivity index (χ4n) is 6.64. The van der Waals surface area contributed by atoms with Crippen LogP contribution in [0.15, 0.2) is 138 Å². The number of imidazole rings is 2. The highest BCUT2D eigenvalue weighted by atomic mass is 32.1. The molecule has 10 heteroatoms. The van der Waals surface area contributed by atoms with E-state index < -0.39 is 12.2 Å². The molecule has 0 spiro atoms. The number of aromatic amines is 2. The van der Waals surface area contributed by atoms with E-state index in [2.05, 4.69) is 52.4 Å². The van der Waals surface area contributed by atoms with E-state index in [0.29, 0.717) is 16.4 Å². The first-order valence-corrected chi connectivity index (χ1v) is 17.1. The fourth-order valence-corrected chi connectivity index (χ4v) is 7.57. The lowest BCUT2D eigenvalue weighted by atomic mass is 10.1. The van der Waals surface area contributed by atoms with Crippen LogP contribution in [0, 0.1) is 0 Å². The predicted octanol–water partition coefficient (Wildman–Crippen LogP) is 9.03. The molecule has 8 aromatic heterocycles. The van der Waals surface area contributed by atoms with Crippen LogP contribution in [0.4, 0.5) is 0 Å². The van der Waals surface area contributed by atoms with Crippen LogP contribution in [0.1, 0.15) is 22.8 Å². The molecule has 50 heavy (non-hydrogen) atoms. The molecule has 10 rings (SSSR count). The van der Waals surface area contributed by atoms with Crippen molar-refractivity contribution in [3.8, 4) is 45.0 Å². The summed E-state index contributed by atoms with van der Waals surface area (Å²) in [6.45, 7) is 0. The normalized spacial score (nSPS) is 13.2. The summed E-state index contributed by atoms with van der Waals surface area (Å²) in [5.74, 6) is 0.879. The minimum absolute atomic E-state index is 0.291. The molecule has 0 amide bonds. The topological polar surface area (TPSA) is 120 Å². The van der Waals surface area contributed by atoms with Crippen molar-refractivity contribution in [1.82, 2.24) is 28.7 Å². The van der Waals surface area contributed by atoms with Gasteiger partial charge in [0, 0.05) is 80.6 Å². The molecule has 2 unspecified atom stereocenters. The standard InChI is InChI=1S/C40H28N6O3S/c47-39(35-8-7-34(49-35)28-4-10-38-44-33(21-46(38)19-28)24-2-6-31-26(16-24)12-14-42-31)40(48)36-17-29(22-50-36)27-3-9-37-43-32(20-45(37)18-27)23-1-5-30-25(15-23)11-13-41-30/h1-22,39-42,47-48H. The number of furan rings is 1. The third kappa shape index (κ3) is 4.85. The summed E-state index contributed by atoms with van der Waals surface area (Å²) in [4.78, 5) is 16.7. The third-order valence-electron chi connectivity index (χ3n) is 9.35. The molecule has 4 N–H and O–H groups in total. The number of thiophene rings is 1. The fraction of sp³-hybridized carbons (Fsp3) is 0.0500. The number of pyridine rings is 2. The Hall–Kier alpha value is -6.20. The second kappa shape index (κ2) is 11.2. The van der Waals surface area contributed by atoms with Crippen LogP contribution >= 0.6 is 11.3 Å². The molecule has 0 aliphatic heterocycles. The van der Waals surface area contributed by atoms with Gasteiger partial charge < -0.3 is 33.4 Å². The van der Waals surface area contributed by atoms with Crippen LogP contribution in [0.5, 0.6) is 0 Å². The lowest BCUT2D eigenvalue weighted by Gasteiger charge is -2.14. The van der Waals surface area contributed by atoms with Crippen molar-refractivity contribution < 1.29 is 14.6 Å². The number of hydrogen-bond acceptors (Lipinski definition) is 6. The molecule has 2 atom stereocenters. The first-order chi connectivity index (χ1) is 24.5. The molecule has 0 radical (unpaired) electrons. The molecule has 0 aliphatic carbocycles. The summed E-state index contributed by atoms with van der Waals surface area (Å²) in [6.07, 6.45) is 9.49. The van der Waals surface area contributed by atoms with Gasteiger partial charge in [0.2, 0.25) is 0 Å². The molecule has 0 fully saturated rings. The summed E-state index contributed by atoms with van der Waals surface area (Å²) in [5, 5.41) is 26.7. The Labute approximate surface area is 288 Å². The molecule has 10 aromatic rings. The van der Waals surface area contributed by atoms with E-state index in [4.69, 9.17) is 14.4 Å². The highest BCUT2D eigenvalue weighted by molar-refractivity contribution is 7.10. The molecular formula is C40H28N6O3S. The number of nitrogens with zero attached hydrogens (tertiary/aromatic N) is 4. The van der Waals surface area contributed by atoms with Crippen molar-refractivity contribution in [3.05, 3.63) is 144 Å². The number of hydrogen-bond donors (Lipinski definition) is 4. The van der Waals surface area contributed by atoms with Crippen molar-refractivity contribution in [1.29, 1.82) is 0 Å². The van der Waals surface area contributed by atoms with Gasteiger partial charge in [0.15, 0.2) is 0 Å². The van der Waals surface area contributed by atoms with E-state index in [1.165, 1.54) is 11.3 Å². The Morgan fingerprint density at radius 2 is 1.18 bits per heavy atom. The summed E-state index contributed by atoms with van der Waals surface area (Å²) < 4.78 is 10.1. The zero-order chi connectivity index (χ0) is 33.3. The van der Waals surface area contributed by atoms with Crippen molar-refractivity contribution in [3.63, 3.8) is 0 Å². The number of aliphatic hydroxyl groups is 2. The van der Waals surface area contributed by atoms with E-state index in [9.17, 15) is 10.2 Å². The highest BCUT2D eigenvalue weighted by Gasteiger charge is 2.25. The maximum Gasteiger partial charge on any atom is 0.142 e. The van der Waals surface area contributed by atoms with Crippen LogP contribution in [0.2, 0.25) is 0 Å². The van der Waals surface area contributed by atoms with Crippen LogP contribution in [-0.2, 0) is 0 Å². The van der Waals surface area contributed by atoms with Gasteiger partial charge in [-0.15, -0.1) is 11.3 Å². The van der Waals surface area contributed by atoms with Gasteiger partial charge in [-0.05, 0) is 95.4 Å². The second-order valence-electron chi connectivity index (χ2n) is 12.5. The summed E-state index contributed by atoms with van der Waals surface area (Å²) in [6, 6.07) is 30.0. The molecular weight excluding hydrogens is 645 g/mol. The maximum absolute atomic E-state index is 11.2. The van der Waals surface area contributed by atoms with Crippen LogP contribution in [-0.4, -0.2) is 39.0 Å². The van der Waals surface area contributed by atoms with Crippen molar-refractivity contribution in [2.75, 3.05) is 0 Å². The Morgan fingerprint density at radius 1 is 0.580 bits per heavy atom. The number of H-pyrrole nitrogens is 2. The Bertz CT molecular complexity index is 2650. The molecule has 9 nitrogen and oxygen atoms in total. The molecule has 0 saturated heterocycles. The summed E-state index contributed by atoms with van der Waals surface area (Å²) in [7, 11) is 0. The Balaban J connectivity index is 0.871. The van der Waals surface area contributed by atoms with E-state index in [-0.39, 0.29) is 0 Å². The molecule has 2 aromatic carbocycles. The van der Waals surface area contributed by atoms with Gasteiger partial charge in [-0.25, -0.2) is 9.97 Å². The Kier molecular flexibility index (Phi) is 6.43. The number of aromatic nitrogens is 6. The molecule has 0 saturated carbocycles. The average molecular weight is 673 g/mol. The summed E-state index contributed by atoms with van der Waals surface area (Å²) >= 11 is 1.40. The number of aliphatic hydroxyl groups excluding tert-OH is 2. The molecule has 0 aliphatic rings. The highest BCUT2D eigenvalue weighted by Crippen LogP contribution is 2.38. The first kappa shape index (κ1) is 28.8. The van der Waals surface area contributed by atoms with Gasteiger partial charge in [-0.3, -0.25) is 0 Å². The van der Waals surface area contributed by atoms with Crippen LogP contribution in [0.3, 0.4) is 0 Å². The van der Waals surface area contributed by atoms with Gasteiger partial charge >= 0.3 is 0 Å². The van der Waals surface area contributed by atoms with Crippen LogP contribution < -0.4 is 0 Å². The minimum Gasteiger partial charge on any atom is -0.458 e. The molecule has 8 heterocycles. The van der Waals surface area contributed by atoms with Gasteiger partial charge in [-0.1, -0.05) is 12.1 Å². The maximum atomic E-state index is 11.2.